The van der Waals surface area contributed by atoms with Crippen LogP contribution in [0.4, 0.5) is 0 Å². The summed E-state index contributed by atoms with van der Waals surface area (Å²) in [7, 11) is 2.08. The van der Waals surface area contributed by atoms with Gasteiger partial charge in [-0.1, -0.05) is 27.2 Å². The van der Waals surface area contributed by atoms with Crippen LogP contribution in [0.3, 0.4) is 0 Å². The van der Waals surface area contributed by atoms with Gasteiger partial charge in [-0.25, -0.2) is 9.13 Å². The standard InChI is InChI=1S/C11H19N2.C2H6/c1-10-3-4-11(7-10)8-13-6-5-12(2)9-13;1-2/h5-6,9-11H,3-4,7-8H2,1-2H3;1-2H3/q+1;. The Kier molecular flexibility index (Phi) is 4.86. The maximum absolute atomic E-state index is 2.37. The van der Waals surface area contributed by atoms with Crippen LogP contribution in [0.15, 0.2) is 18.7 Å². The molecule has 1 aliphatic carbocycles. The van der Waals surface area contributed by atoms with Crippen molar-refractivity contribution in [3.05, 3.63) is 18.7 Å². The highest BCUT2D eigenvalue weighted by Crippen LogP contribution is 2.31. The second-order valence-electron chi connectivity index (χ2n) is 4.56. The summed E-state index contributed by atoms with van der Waals surface area (Å²) in [5.41, 5.74) is 0. The number of imidazole rings is 1. The molecule has 2 nitrogen and oxygen atoms in total. The predicted molar refractivity (Wildman–Crippen MR) is 63.5 cm³/mol. The van der Waals surface area contributed by atoms with E-state index in [1.807, 2.05) is 13.8 Å². The van der Waals surface area contributed by atoms with Crippen molar-refractivity contribution in [1.82, 2.24) is 4.57 Å². The third-order valence-corrected chi connectivity index (χ3v) is 3.10. The summed E-state index contributed by atoms with van der Waals surface area (Å²) in [6, 6.07) is 0. The molecule has 1 saturated carbocycles. The molecule has 0 spiro atoms. The van der Waals surface area contributed by atoms with Crippen LogP contribution >= 0.6 is 0 Å². The molecule has 0 aliphatic heterocycles. The minimum Gasteiger partial charge on any atom is -0.240 e. The Morgan fingerprint density at radius 2 is 2.07 bits per heavy atom. The van der Waals surface area contributed by atoms with E-state index in [1.54, 1.807) is 0 Å². The van der Waals surface area contributed by atoms with Crippen LogP contribution in [0.1, 0.15) is 40.0 Å². The molecule has 2 rings (SSSR count). The quantitative estimate of drug-likeness (QED) is 0.662. The summed E-state index contributed by atoms with van der Waals surface area (Å²) in [5, 5.41) is 0. The van der Waals surface area contributed by atoms with Crippen molar-refractivity contribution < 1.29 is 4.57 Å². The molecule has 1 aliphatic rings. The third-order valence-electron chi connectivity index (χ3n) is 3.10. The zero-order chi connectivity index (χ0) is 11.3. The Bertz CT molecular complexity index is 278. The Labute approximate surface area is 93.9 Å². The molecule has 0 saturated heterocycles. The van der Waals surface area contributed by atoms with Gasteiger partial charge in [0, 0.05) is 0 Å². The van der Waals surface area contributed by atoms with Crippen LogP contribution in [-0.4, -0.2) is 4.57 Å². The number of aryl methyl sites for hydroxylation is 1. The number of aromatic nitrogens is 2. The Morgan fingerprint density at radius 3 is 2.53 bits per heavy atom. The largest absolute Gasteiger partial charge is 0.243 e. The topological polar surface area (TPSA) is 8.81 Å². The summed E-state index contributed by atoms with van der Waals surface area (Å²) in [5.74, 6) is 1.87. The minimum absolute atomic E-state index is 0.919. The molecule has 1 aromatic heterocycles. The Morgan fingerprint density at radius 1 is 1.33 bits per heavy atom. The fourth-order valence-corrected chi connectivity index (χ4v) is 2.40. The molecule has 0 aromatic carbocycles. The summed E-state index contributed by atoms with van der Waals surface area (Å²) in [6.45, 7) is 7.58. The maximum atomic E-state index is 2.37. The predicted octanol–water partition coefficient (Wildman–Crippen LogP) is 2.78. The van der Waals surface area contributed by atoms with Crippen molar-refractivity contribution in [1.29, 1.82) is 0 Å². The molecule has 0 radical (unpaired) electrons. The molecule has 2 atom stereocenters. The van der Waals surface area contributed by atoms with Gasteiger partial charge in [0.05, 0.1) is 13.6 Å². The van der Waals surface area contributed by atoms with Gasteiger partial charge in [0.1, 0.15) is 12.4 Å². The maximum Gasteiger partial charge on any atom is 0.243 e. The van der Waals surface area contributed by atoms with E-state index in [9.17, 15) is 0 Å². The van der Waals surface area contributed by atoms with Crippen LogP contribution in [0.25, 0.3) is 0 Å². The Balaban J connectivity index is 0.000000531. The van der Waals surface area contributed by atoms with Crippen LogP contribution in [0.5, 0.6) is 0 Å². The molecule has 1 heterocycles. The van der Waals surface area contributed by atoms with Gasteiger partial charge in [0.15, 0.2) is 0 Å². The molecule has 0 amide bonds. The van der Waals surface area contributed by atoms with E-state index in [0.717, 1.165) is 11.8 Å². The van der Waals surface area contributed by atoms with E-state index in [1.165, 1.54) is 25.8 Å². The van der Waals surface area contributed by atoms with E-state index in [2.05, 4.69) is 41.8 Å². The SMILES string of the molecule is CC.CC1CCC(Cn2cc[n+](C)c2)C1. The lowest BCUT2D eigenvalue weighted by molar-refractivity contribution is -0.671. The van der Waals surface area contributed by atoms with Gasteiger partial charge >= 0.3 is 0 Å². The molecular weight excluding hydrogens is 184 g/mol. The molecule has 86 valence electrons. The summed E-state index contributed by atoms with van der Waals surface area (Å²) >= 11 is 0. The molecule has 0 bridgehead atoms. The van der Waals surface area contributed by atoms with E-state index in [0.29, 0.717) is 0 Å². The zero-order valence-electron chi connectivity index (χ0n) is 10.6. The van der Waals surface area contributed by atoms with Gasteiger partial charge in [-0.3, -0.25) is 0 Å². The molecule has 1 aromatic rings. The van der Waals surface area contributed by atoms with Gasteiger partial charge in [-0.2, -0.15) is 0 Å². The van der Waals surface area contributed by atoms with Gasteiger partial charge in [0.2, 0.25) is 6.33 Å². The summed E-state index contributed by atoms with van der Waals surface area (Å²) < 4.78 is 4.42. The van der Waals surface area contributed by atoms with Crippen molar-refractivity contribution in [2.24, 2.45) is 18.9 Å². The lowest BCUT2D eigenvalue weighted by atomic mass is 10.1. The first-order chi connectivity index (χ1) is 7.24. The first kappa shape index (κ1) is 12.3. The summed E-state index contributed by atoms with van der Waals surface area (Å²) in [6.07, 6.45) is 10.7. The normalized spacial score (nSPS) is 24.8. The Hall–Kier alpha value is -0.790. The van der Waals surface area contributed by atoms with E-state index < -0.39 is 0 Å². The fourth-order valence-electron chi connectivity index (χ4n) is 2.40. The van der Waals surface area contributed by atoms with Gasteiger partial charge in [-0.15, -0.1) is 0 Å². The van der Waals surface area contributed by atoms with E-state index >= 15 is 0 Å². The van der Waals surface area contributed by atoms with Gasteiger partial charge < -0.3 is 0 Å². The number of hydrogen-bond donors (Lipinski definition) is 0. The molecule has 15 heavy (non-hydrogen) atoms. The van der Waals surface area contributed by atoms with Gasteiger partial charge in [0.25, 0.3) is 0 Å². The molecule has 2 heteroatoms. The highest BCUT2D eigenvalue weighted by molar-refractivity contribution is 4.75. The first-order valence-electron chi connectivity index (χ1n) is 6.25. The van der Waals surface area contributed by atoms with Crippen LogP contribution in [0.2, 0.25) is 0 Å². The average Bonchev–Trinajstić information content (AvgIpc) is 2.80. The van der Waals surface area contributed by atoms with Crippen molar-refractivity contribution >= 4 is 0 Å². The average molecular weight is 209 g/mol. The van der Waals surface area contributed by atoms with Crippen molar-refractivity contribution in [3.8, 4) is 0 Å². The van der Waals surface area contributed by atoms with E-state index in [4.69, 9.17) is 0 Å². The molecule has 1 fully saturated rings. The van der Waals surface area contributed by atoms with Gasteiger partial charge in [-0.05, 0) is 24.7 Å². The highest BCUT2D eigenvalue weighted by Gasteiger charge is 2.23. The van der Waals surface area contributed by atoms with Crippen molar-refractivity contribution in [2.45, 2.75) is 46.6 Å². The monoisotopic (exact) mass is 209 g/mol. The lowest BCUT2D eigenvalue weighted by Gasteiger charge is -2.05. The minimum atomic E-state index is 0.919. The first-order valence-corrected chi connectivity index (χ1v) is 6.25. The van der Waals surface area contributed by atoms with Crippen molar-refractivity contribution in [3.63, 3.8) is 0 Å². The van der Waals surface area contributed by atoms with Crippen LogP contribution in [0, 0.1) is 11.8 Å². The highest BCUT2D eigenvalue weighted by atomic mass is 15.1. The lowest BCUT2D eigenvalue weighted by Crippen LogP contribution is -2.24. The zero-order valence-corrected chi connectivity index (χ0v) is 10.6. The third kappa shape index (κ3) is 3.69. The number of hydrogen-bond acceptors (Lipinski definition) is 0. The fraction of sp³-hybridized carbons (Fsp3) is 0.769. The number of nitrogens with zero attached hydrogens (tertiary/aromatic N) is 2. The molecule has 0 N–H and O–H groups in total. The second kappa shape index (κ2) is 5.94. The molecule has 2 unspecified atom stereocenters. The van der Waals surface area contributed by atoms with Crippen LogP contribution < -0.4 is 4.57 Å². The van der Waals surface area contributed by atoms with E-state index in [-0.39, 0.29) is 0 Å². The van der Waals surface area contributed by atoms with Crippen LogP contribution in [-0.2, 0) is 13.6 Å². The molecular formula is C13H25N2+. The number of rotatable bonds is 2. The summed E-state index contributed by atoms with van der Waals surface area (Å²) in [4.78, 5) is 0. The smallest absolute Gasteiger partial charge is 0.240 e. The van der Waals surface area contributed by atoms with Crippen molar-refractivity contribution in [2.75, 3.05) is 0 Å². The second-order valence-corrected chi connectivity index (χ2v) is 4.56.